The Hall–Kier alpha value is -3.35. The number of methoxy groups -OCH3 is 2. The van der Waals surface area contributed by atoms with Crippen LogP contribution in [0, 0.1) is 0 Å². The molecular formula is C23H27NO6. The van der Waals surface area contributed by atoms with Crippen LogP contribution in [0.5, 0.6) is 11.5 Å². The van der Waals surface area contributed by atoms with Gasteiger partial charge in [-0.3, -0.25) is 14.4 Å². The average molecular weight is 413 g/mol. The number of ether oxygens (including phenoxy) is 3. The van der Waals surface area contributed by atoms with Gasteiger partial charge in [0.2, 0.25) is 5.78 Å². The second-order valence-corrected chi connectivity index (χ2v) is 7.66. The number of nitrogens with one attached hydrogen (secondary N) is 1. The largest absolute Gasteiger partial charge is 0.497 e. The van der Waals surface area contributed by atoms with Crippen molar-refractivity contribution in [2.24, 2.45) is 0 Å². The van der Waals surface area contributed by atoms with Gasteiger partial charge in [-0.25, -0.2) is 0 Å². The third-order valence-corrected chi connectivity index (χ3v) is 4.48. The molecule has 0 aliphatic carbocycles. The summed E-state index contributed by atoms with van der Waals surface area (Å²) in [5.41, 5.74) is 1.80. The zero-order valence-electron chi connectivity index (χ0n) is 17.9. The van der Waals surface area contributed by atoms with Gasteiger partial charge in [0.15, 0.2) is 6.61 Å². The van der Waals surface area contributed by atoms with Crippen molar-refractivity contribution in [3.05, 3.63) is 59.2 Å². The van der Waals surface area contributed by atoms with Crippen LogP contribution in [0.4, 0.5) is 0 Å². The molecule has 160 valence electrons. The number of ketones is 1. The molecule has 0 atom stereocenters. The fourth-order valence-electron chi connectivity index (χ4n) is 2.68. The van der Waals surface area contributed by atoms with E-state index in [2.05, 4.69) is 26.1 Å². The number of esters is 1. The first kappa shape index (κ1) is 22.9. The second-order valence-electron chi connectivity index (χ2n) is 7.66. The third kappa shape index (κ3) is 6.07. The minimum atomic E-state index is -0.713. The molecule has 2 rings (SSSR count). The fourth-order valence-corrected chi connectivity index (χ4v) is 2.68. The molecule has 1 amide bonds. The van der Waals surface area contributed by atoms with Crippen LogP contribution >= 0.6 is 0 Å². The van der Waals surface area contributed by atoms with Crippen LogP contribution < -0.4 is 14.8 Å². The van der Waals surface area contributed by atoms with Crippen LogP contribution in [0.3, 0.4) is 0 Å². The first-order chi connectivity index (χ1) is 14.2. The van der Waals surface area contributed by atoms with Crippen LogP contribution in [0.25, 0.3) is 0 Å². The Balaban J connectivity index is 1.86. The average Bonchev–Trinajstić information content (AvgIpc) is 2.74. The molecule has 2 aromatic carbocycles. The van der Waals surface area contributed by atoms with Gasteiger partial charge in [0.05, 0.1) is 19.8 Å². The lowest BCUT2D eigenvalue weighted by molar-refractivity contribution is -0.141. The lowest BCUT2D eigenvalue weighted by Crippen LogP contribution is -2.31. The predicted molar refractivity (Wildman–Crippen MR) is 112 cm³/mol. The van der Waals surface area contributed by atoms with E-state index in [1.165, 1.54) is 20.3 Å². The number of benzene rings is 2. The van der Waals surface area contributed by atoms with Crippen molar-refractivity contribution in [2.75, 3.05) is 27.4 Å². The van der Waals surface area contributed by atoms with Gasteiger partial charge in [-0.1, -0.05) is 32.9 Å². The summed E-state index contributed by atoms with van der Waals surface area (Å²) in [6.07, 6.45) is 0. The van der Waals surface area contributed by atoms with Gasteiger partial charge in [0.25, 0.3) is 5.91 Å². The first-order valence-electron chi connectivity index (χ1n) is 9.45. The topological polar surface area (TPSA) is 90.9 Å². The standard InChI is InChI=1S/C23H27NO6/c1-23(2,3)16-8-6-15(7-9-16)22(27)24-13-21(26)30-14-19(25)18-11-10-17(28-4)12-20(18)29-5/h6-12H,13-14H2,1-5H3,(H,24,27). The van der Waals surface area contributed by atoms with E-state index in [-0.39, 0.29) is 17.5 Å². The highest BCUT2D eigenvalue weighted by molar-refractivity contribution is 6.01. The second kappa shape index (κ2) is 9.91. The molecule has 0 saturated heterocycles. The van der Waals surface area contributed by atoms with E-state index in [4.69, 9.17) is 14.2 Å². The Kier molecular flexibility index (Phi) is 7.58. The fraction of sp³-hybridized carbons (Fsp3) is 0.348. The molecule has 0 aliphatic heterocycles. The summed E-state index contributed by atoms with van der Waals surface area (Å²) >= 11 is 0. The summed E-state index contributed by atoms with van der Waals surface area (Å²) in [4.78, 5) is 36.4. The molecule has 0 unspecified atom stereocenters. The molecule has 0 heterocycles. The molecule has 0 radical (unpaired) electrons. The third-order valence-electron chi connectivity index (χ3n) is 4.48. The summed E-state index contributed by atoms with van der Waals surface area (Å²) in [6.45, 7) is 5.45. The zero-order valence-corrected chi connectivity index (χ0v) is 17.9. The van der Waals surface area contributed by atoms with Gasteiger partial charge in [-0.05, 0) is 35.2 Å². The molecule has 2 aromatic rings. The Labute approximate surface area is 176 Å². The van der Waals surface area contributed by atoms with Gasteiger partial charge in [-0.2, -0.15) is 0 Å². The highest BCUT2D eigenvalue weighted by atomic mass is 16.5. The van der Waals surface area contributed by atoms with Crippen LogP contribution in [-0.4, -0.2) is 45.0 Å². The Morgan fingerprint density at radius 3 is 2.17 bits per heavy atom. The van der Waals surface area contributed by atoms with Crippen molar-refractivity contribution in [1.29, 1.82) is 0 Å². The number of hydrogen-bond acceptors (Lipinski definition) is 6. The minimum absolute atomic E-state index is 0.0160. The van der Waals surface area contributed by atoms with E-state index in [0.717, 1.165) is 5.56 Å². The van der Waals surface area contributed by atoms with Gasteiger partial charge in [-0.15, -0.1) is 0 Å². The molecule has 7 heteroatoms. The van der Waals surface area contributed by atoms with E-state index in [9.17, 15) is 14.4 Å². The predicted octanol–water partition coefficient (Wildman–Crippen LogP) is 3.16. The van der Waals surface area contributed by atoms with Gasteiger partial charge < -0.3 is 19.5 Å². The van der Waals surface area contributed by atoms with E-state index in [0.29, 0.717) is 17.1 Å². The normalized spacial score (nSPS) is 10.8. The van der Waals surface area contributed by atoms with E-state index < -0.39 is 24.3 Å². The monoisotopic (exact) mass is 413 g/mol. The Bertz CT molecular complexity index is 912. The minimum Gasteiger partial charge on any atom is -0.497 e. The summed E-state index contributed by atoms with van der Waals surface area (Å²) in [5.74, 6) is -0.668. The van der Waals surface area contributed by atoms with Crippen molar-refractivity contribution in [2.45, 2.75) is 26.2 Å². The number of Topliss-reactive ketones (excluding diaryl/α,β-unsaturated/α-hetero) is 1. The quantitative estimate of drug-likeness (QED) is 0.528. The lowest BCUT2D eigenvalue weighted by Gasteiger charge is -2.19. The number of amides is 1. The van der Waals surface area contributed by atoms with Crippen molar-refractivity contribution >= 4 is 17.7 Å². The SMILES string of the molecule is COc1ccc(C(=O)COC(=O)CNC(=O)c2ccc(C(C)(C)C)cc2)c(OC)c1. The van der Waals surface area contributed by atoms with E-state index >= 15 is 0 Å². The molecular weight excluding hydrogens is 386 g/mol. The van der Waals surface area contributed by atoms with Crippen LogP contribution in [-0.2, 0) is 14.9 Å². The summed E-state index contributed by atoms with van der Waals surface area (Å²) in [5, 5.41) is 2.49. The van der Waals surface area contributed by atoms with Crippen molar-refractivity contribution < 1.29 is 28.6 Å². The first-order valence-corrected chi connectivity index (χ1v) is 9.45. The van der Waals surface area contributed by atoms with Crippen molar-refractivity contribution in [3.63, 3.8) is 0 Å². The number of hydrogen-bond donors (Lipinski definition) is 1. The smallest absolute Gasteiger partial charge is 0.325 e. The maximum atomic E-state index is 12.3. The maximum absolute atomic E-state index is 12.3. The number of carbonyl (C=O) groups is 3. The number of carbonyl (C=O) groups excluding carboxylic acids is 3. The van der Waals surface area contributed by atoms with Crippen LogP contribution in [0.15, 0.2) is 42.5 Å². The molecule has 0 aromatic heterocycles. The maximum Gasteiger partial charge on any atom is 0.325 e. The zero-order chi connectivity index (χ0) is 22.3. The molecule has 0 fully saturated rings. The van der Waals surface area contributed by atoms with Crippen LogP contribution in [0.1, 0.15) is 47.1 Å². The lowest BCUT2D eigenvalue weighted by atomic mass is 9.87. The summed E-state index contributed by atoms with van der Waals surface area (Å²) < 4.78 is 15.2. The molecule has 0 aliphatic rings. The Morgan fingerprint density at radius 2 is 1.60 bits per heavy atom. The summed E-state index contributed by atoms with van der Waals surface area (Å²) in [6, 6.07) is 11.9. The number of rotatable bonds is 8. The van der Waals surface area contributed by atoms with Gasteiger partial charge in [0, 0.05) is 11.6 Å². The highest BCUT2D eigenvalue weighted by Gasteiger charge is 2.17. The molecule has 0 spiro atoms. The van der Waals surface area contributed by atoms with Gasteiger partial charge >= 0.3 is 5.97 Å². The van der Waals surface area contributed by atoms with Crippen LogP contribution in [0.2, 0.25) is 0 Å². The summed E-state index contributed by atoms with van der Waals surface area (Å²) in [7, 11) is 2.94. The molecule has 0 bridgehead atoms. The van der Waals surface area contributed by atoms with Gasteiger partial charge in [0.1, 0.15) is 18.0 Å². The molecule has 0 saturated carbocycles. The Morgan fingerprint density at radius 1 is 0.933 bits per heavy atom. The molecule has 7 nitrogen and oxygen atoms in total. The van der Waals surface area contributed by atoms with E-state index in [1.54, 1.807) is 24.3 Å². The van der Waals surface area contributed by atoms with E-state index in [1.807, 2.05) is 12.1 Å². The van der Waals surface area contributed by atoms with Crippen molar-refractivity contribution in [3.8, 4) is 11.5 Å². The van der Waals surface area contributed by atoms with Crippen molar-refractivity contribution in [1.82, 2.24) is 5.32 Å². The highest BCUT2D eigenvalue weighted by Crippen LogP contribution is 2.25. The molecule has 30 heavy (non-hydrogen) atoms. The molecule has 1 N–H and O–H groups in total.